The number of piperazine rings is 1. The van der Waals surface area contributed by atoms with Crippen molar-refractivity contribution in [1.29, 1.82) is 0 Å². The quantitative estimate of drug-likeness (QED) is 0.808. The van der Waals surface area contributed by atoms with Crippen molar-refractivity contribution in [2.24, 2.45) is 0 Å². The molecule has 0 bridgehead atoms. The molecular formula is C14H23ClN6O2. The molecule has 1 aliphatic rings. The van der Waals surface area contributed by atoms with Gasteiger partial charge in [0.05, 0.1) is 0 Å². The zero-order valence-electron chi connectivity index (χ0n) is 14.2. The Balaban J connectivity index is 2.01. The topological polar surface area (TPSA) is 74.7 Å². The van der Waals surface area contributed by atoms with E-state index in [0.717, 1.165) is 0 Å². The Hall–Kier alpha value is -1.83. The van der Waals surface area contributed by atoms with Crippen LogP contribution in [-0.2, 0) is 4.74 Å². The maximum Gasteiger partial charge on any atom is 0.410 e. The molecule has 1 fully saturated rings. The number of hydrogen-bond acceptors (Lipinski definition) is 7. The Kier molecular flexibility index (Phi) is 5.13. The maximum atomic E-state index is 12.1. The second-order valence-corrected chi connectivity index (χ2v) is 6.89. The summed E-state index contributed by atoms with van der Waals surface area (Å²) in [7, 11) is 3.69. The first kappa shape index (κ1) is 17.5. The highest BCUT2D eigenvalue weighted by Crippen LogP contribution is 2.18. The van der Waals surface area contributed by atoms with E-state index < -0.39 is 5.60 Å². The van der Waals surface area contributed by atoms with E-state index in [9.17, 15) is 4.79 Å². The molecule has 0 aromatic carbocycles. The summed E-state index contributed by atoms with van der Waals surface area (Å²) in [6.07, 6.45) is -0.292. The first-order valence-corrected chi connectivity index (χ1v) is 7.85. The predicted octanol–water partition coefficient (Wildman–Crippen LogP) is 1.65. The first-order valence-electron chi connectivity index (χ1n) is 7.47. The number of hydrogen-bond donors (Lipinski definition) is 0. The molecule has 8 nitrogen and oxygen atoms in total. The molecule has 1 amide bonds. The number of halogens is 1. The minimum absolute atomic E-state index is 0.160. The average molecular weight is 343 g/mol. The van der Waals surface area contributed by atoms with E-state index in [4.69, 9.17) is 16.3 Å². The number of ether oxygens (including phenoxy) is 1. The van der Waals surface area contributed by atoms with Gasteiger partial charge < -0.3 is 19.4 Å². The summed E-state index contributed by atoms with van der Waals surface area (Å²) in [6.45, 7) is 7.91. The molecule has 128 valence electrons. The molecule has 1 saturated heterocycles. The molecule has 2 rings (SSSR count). The second kappa shape index (κ2) is 6.74. The summed E-state index contributed by atoms with van der Waals surface area (Å²) < 4.78 is 5.39. The van der Waals surface area contributed by atoms with E-state index in [-0.39, 0.29) is 11.4 Å². The molecule has 0 N–H and O–H groups in total. The van der Waals surface area contributed by atoms with Crippen LogP contribution in [0.1, 0.15) is 20.8 Å². The minimum Gasteiger partial charge on any atom is -0.444 e. The number of aromatic nitrogens is 3. The average Bonchev–Trinajstić information content (AvgIpc) is 2.45. The van der Waals surface area contributed by atoms with Crippen LogP contribution in [0, 0.1) is 0 Å². The highest BCUT2D eigenvalue weighted by Gasteiger charge is 2.27. The van der Waals surface area contributed by atoms with Crippen LogP contribution >= 0.6 is 11.6 Å². The third kappa shape index (κ3) is 4.82. The molecule has 0 unspecified atom stereocenters. The summed E-state index contributed by atoms with van der Waals surface area (Å²) in [5.41, 5.74) is -0.490. The molecule has 0 aliphatic carbocycles. The Morgan fingerprint density at radius 2 is 1.74 bits per heavy atom. The Morgan fingerprint density at radius 3 is 2.26 bits per heavy atom. The molecular weight excluding hydrogens is 320 g/mol. The molecule has 1 aliphatic heterocycles. The Labute approximate surface area is 141 Å². The van der Waals surface area contributed by atoms with Crippen LogP contribution in [0.2, 0.25) is 5.28 Å². The van der Waals surface area contributed by atoms with Gasteiger partial charge >= 0.3 is 6.09 Å². The van der Waals surface area contributed by atoms with Crippen molar-refractivity contribution < 1.29 is 9.53 Å². The van der Waals surface area contributed by atoms with E-state index in [1.54, 1.807) is 9.80 Å². The van der Waals surface area contributed by atoms with E-state index in [1.165, 1.54) is 0 Å². The summed E-state index contributed by atoms with van der Waals surface area (Å²) in [5, 5.41) is 0.160. The standard InChI is InChI=1S/C14H23ClN6O2/c1-14(2,3)23-13(22)21-8-6-20(7-9-21)12-17-10(15)16-11(18-12)19(4)5/h6-9H2,1-5H3. The van der Waals surface area contributed by atoms with Crippen molar-refractivity contribution in [2.75, 3.05) is 50.1 Å². The summed E-state index contributed by atoms with van der Waals surface area (Å²) >= 11 is 5.96. The zero-order valence-corrected chi connectivity index (χ0v) is 15.0. The van der Waals surface area contributed by atoms with E-state index in [1.807, 2.05) is 39.8 Å². The predicted molar refractivity (Wildman–Crippen MR) is 89.2 cm³/mol. The first-order chi connectivity index (χ1) is 10.7. The lowest BCUT2D eigenvalue weighted by atomic mass is 10.2. The second-order valence-electron chi connectivity index (χ2n) is 6.55. The lowest BCUT2D eigenvalue weighted by molar-refractivity contribution is 0.0240. The molecule has 23 heavy (non-hydrogen) atoms. The van der Waals surface area contributed by atoms with Crippen LogP contribution in [-0.4, -0.2) is 71.8 Å². The van der Waals surface area contributed by atoms with E-state index in [0.29, 0.717) is 38.1 Å². The molecule has 0 saturated carbocycles. The fraction of sp³-hybridized carbons (Fsp3) is 0.714. The van der Waals surface area contributed by atoms with Gasteiger partial charge in [-0.3, -0.25) is 0 Å². The van der Waals surface area contributed by atoms with Crippen molar-refractivity contribution in [3.8, 4) is 0 Å². The van der Waals surface area contributed by atoms with Crippen LogP contribution in [0.5, 0.6) is 0 Å². The monoisotopic (exact) mass is 342 g/mol. The summed E-state index contributed by atoms with van der Waals surface area (Å²) in [5.74, 6) is 1.03. The molecule has 1 aromatic heterocycles. The van der Waals surface area contributed by atoms with Gasteiger partial charge in [-0.05, 0) is 32.4 Å². The van der Waals surface area contributed by atoms with Crippen molar-refractivity contribution in [3.05, 3.63) is 5.28 Å². The van der Waals surface area contributed by atoms with Gasteiger partial charge in [0, 0.05) is 40.3 Å². The van der Waals surface area contributed by atoms with Crippen LogP contribution in [0.4, 0.5) is 16.7 Å². The highest BCUT2D eigenvalue weighted by atomic mass is 35.5. The maximum absolute atomic E-state index is 12.1. The molecule has 9 heteroatoms. The van der Waals surface area contributed by atoms with Gasteiger partial charge in [0.2, 0.25) is 17.2 Å². The van der Waals surface area contributed by atoms with Crippen LogP contribution in [0.3, 0.4) is 0 Å². The van der Waals surface area contributed by atoms with Gasteiger partial charge in [-0.15, -0.1) is 0 Å². The lowest BCUT2D eigenvalue weighted by Crippen LogP contribution is -2.50. The highest BCUT2D eigenvalue weighted by molar-refractivity contribution is 6.28. The largest absolute Gasteiger partial charge is 0.444 e. The smallest absolute Gasteiger partial charge is 0.410 e. The van der Waals surface area contributed by atoms with Gasteiger partial charge in [0.15, 0.2) is 0 Å². The number of nitrogens with zero attached hydrogens (tertiary/aromatic N) is 6. The number of rotatable bonds is 2. The van der Waals surface area contributed by atoms with Crippen molar-refractivity contribution >= 4 is 29.6 Å². The molecule has 0 atom stereocenters. The molecule has 0 radical (unpaired) electrons. The molecule has 2 heterocycles. The molecule has 0 spiro atoms. The normalized spacial score (nSPS) is 15.6. The fourth-order valence-corrected chi connectivity index (χ4v) is 2.24. The van der Waals surface area contributed by atoms with Gasteiger partial charge in [0.25, 0.3) is 0 Å². The third-order valence-electron chi connectivity index (χ3n) is 3.20. The third-order valence-corrected chi connectivity index (χ3v) is 3.37. The van der Waals surface area contributed by atoms with Gasteiger partial charge in [-0.2, -0.15) is 15.0 Å². The van der Waals surface area contributed by atoms with Crippen molar-refractivity contribution in [2.45, 2.75) is 26.4 Å². The SMILES string of the molecule is CN(C)c1nc(Cl)nc(N2CCN(C(=O)OC(C)(C)C)CC2)n1. The van der Waals surface area contributed by atoms with Crippen molar-refractivity contribution in [1.82, 2.24) is 19.9 Å². The number of amides is 1. The van der Waals surface area contributed by atoms with Crippen LogP contribution in [0.15, 0.2) is 0 Å². The van der Waals surface area contributed by atoms with Gasteiger partial charge in [-0.1, -0.05) is 0 Å². The number of carbonyl (C=O) groups excluding carboxylic acids is 1. The lowest BCUT2D eigenvalue weighted by Gasteiger charge is -2.35. The number of anilines is 2. The summed E-state index contributed by atoms with van der Waals surface area (Å²) in [4.78, 5) is 30.2. The minimum atomic E-state index is -0.490. The van der Waals surface area contributed by atoms with Crippen LogP contribution < -0.4 is 9.80 Å². The Morgan fingerprint density at radius 1 is 1.13 bits per heavy atom. The zero-order chi connectivity index (χ0) is 17.2. The van der Waals surface area contributed by atoms with Gasteiger partial charge in [0.1, 0.15) is 5.60 Å². The van der Waals surface area contributed by atoms with Gasteiger partial charge in [-0.25, -0.2) is 4.79 Å². The van der Waals surface area contributed by atoms with Crippen LogP contribution in [0.25, 0.3) is 0 Å². The fourth-order valence-electron chi connectivity index (χ4n) is 2.09. The molecule has 1 aromatic rings. The van der Waals surface area contributed by atoms with Crippen molar-refractivity contribution in [3.63, 3.8) is 0 Å². The summed E-state index contributed by atoms with van der Waals surface area (Å²) in [6, 6.07) is 0. The Bertz CT molecular complexity index is 567. The van der Waals surface area contributed by atoms with E-state index >= 15 is 0 Å². The number of carbonyl (C=O) groups is 1. The van der Waals surface area contributed by atoms with E-state index in [2.05, 4.69) is 15.0 Å².